The highest BCUT2D eigenvalue weighted by atomic mass is 79.9. The molecule has 1 N–H and O–H groups in total. The van der Waals surface area contributed by atoms with Crippen molar-refractivity contribution in [3.05, 3.63) is 56.4 Å². The Balaban J connectivity index is 2.05. The molecule has 96 valence electrons. The van der Waals surface area contributed by atoms with Crippen molar-refractivity contribution in [1.82, 2.24) is 5.32 Å². The molecule has 0 saturated carbocycles. The average molecular weight is 328 g/mol. The van der Waals surface area contributed by atoms with E-state index in [0.29, 0.717) is 0 Å². The van der Waals surface area contributed by atoms with E-state index in [2.05, 4.69) is 46.5 Å². The van der Waals surface area contributed by atoms with Gasteiger partial charge in [-0.05, 0) is 58.9 Å². The number of hydrogen-bond donors (Lipinski definition) is 1. The minimum Gasteiger partial charge on any atom is -0.303 e. The summed E-state index contributed by atoms with van der Waals surface area (Å²) in [5.74, 6) is -0.194. The first kappa shape index (κ1) is 13.7. The van der Waals surface area contributed by atoms with Gasteiger partial charge in [0.1, 0.15) is 5.82 Å². The minimum atomic E-state index is -0.194. The molecule has 0 saturated heterocycles. The largest absolute Gasteiger partial charge is 0.303 e. The number of halogens is 2. The molecule has 0 aliphatic heterocycles. The molecule has 18 heavy (non-hydrogen) atoms. The van der Waals surface area contributed by atoms with Crippen LogP contribution in [-0.2, 0) is 0 Å². The zero-order valence-electron chi connectivity index (χ0n) is 10.3. The molecular formula is C14H15BrFNS. The van der Waals surface area contributed by atoms with Gasteiger partial charge in [0.2, 0.25) is 0 Å². The Morgan fingerprint density at radius 3 is 2.33 bits per heavy atom. The van der Waals surface area contributed by atoms with E-state index >= 15 is 0 Å². The second kappa shape index (κ2) is 5.95. The van der Waals surface area contributed by atoms with Crippen molar-refractivity contribution in [2.24, 2.45) is 0 Å². The topological polar surface area (TPSA) is 12.0 Å². The van der Waals surface area contributed by atoms with Crippen molar-refractivity contribution in [3.8, 4) is 0 Å². The van der Waals surface area contributed by atoms with Crippen molar-refractivity contribution in [1.29, 1.82) is 0 Å². The molecular weight excluding hydrogens is 313 g/mol. The lowest BCUT2D eigenvalue weighted by atomic mass is 10.1. The molecule has 0 radical (unpaired) electrons. The van der Waals surface area contributed by atoms with Crippen LogP contribution in [0.1, 0.15) is 36.4 Å². The number of nitrogens with one attached hydrogen (secondary N) is 1. The molecule has 0 fully saturated rings. The molecule has 0 aliphatic carbocycles. The van der Waals surface area contributed by atoms with Crippen molar-refractivity contribution < 1.29 is 4.39 Å². The van der Waals surface area contributed by atoms with E-state index < -0.39 is 0 Å². The number of thiophene rings is 1. The highest BCUT2D eigenvalue weighted by molar-refractivity contribution is 9.10. The molecule has 2 aromatic rings. The second-order valence-electron chi connectivity index (χ2n) is 4.29. The third kappa shape index (κ3) is 3.19. The zero-order valence-corrected chi connectivity index (χ0v) is 12.7. The molecule has 0 amide bonds. The normalized spacial score (nSPS) is 14.4. The summed E-state index contributed by atoms with van der Waals surface area (Å²) >= 11 is 5.27. The SMILES string of the molecule is CC(N[C@@H](C)c1ccc(F)cc1)c1sccc1Br. The first-order valence-electron chi connectivity index (χ1n) is 5.82. The number of hydrogen-bond acceptors (Lipinski definition) is 2. The summed E-state index contributed by atoms with van der Waals surface area (Å²) in [5, 5.41) is 5.59. The van der Waals surface area contributed by atoms with Crippen LogP contribution in [-0.4, -0.2) is 0 Å². The fourth-order valence-corrected chi connectivity index (χ4v) is 3.65. The van der Waals surface area contributed by atoms with Gasteiger partial charge in [0.15, 0.2) is 0 Å². The average Bonchev–Trinajstić information content (AvgIpc) is 2.76. The predicted molar refractivity (Wildman–Crippen MR) is 78.4 cm³/mol. The van der Waals surface area contributed by atoms with Crippen molar-refractivity contribution in [2.75, 3.05) is 0 Å². The minimum absolute atomic E-state index is 0.189. The quantitative estimate of drug-likeness (QED) is 0.827. The first-order valence-corrected chi connectivity index (χ1v) is 7.49. The summed E-state index contributed by atoms with van der Waals surface area (Å²) in [7, 11) is 0. The van der Waals surface area contributed by atoms with E-state index in [1.54, 1.807) is 11.3 Å². The van der Waals surface area contributed by atoms with Crippen molar-refractivity contribution in [2.45, 2.75) is 25.9 Å². The van der Waals surface area contributed by atoms with E-state index in [0.717, 1.165) is 10.0 Å². The fraction of sp³-hybridized carbons (Fsp3) is 0.286. The molecule has 2 rings (SSSR count). The van der Waals surface area contributed by atoms with Crippen molar-refractivity contribution >= 4 is 27.3 Å². The van der Waals surface area contributed by atoms with E-state index in [1.807, 2.05) is 12.1 Å². The molecule has 0 spiro atoms. The predicted octanol–water partition coefficient (Wildman–Crippen LogP) is 5.06. The van der Waals surface area contributed by atoms with Gasteiger partial charge in [0.25, 0.3) is 0 Å². The lowest BCUT2D eigenvalue weighted by Gasteiger charge is -2.20. The Kier molecular flexibility index (Phi) is 4.54. The van der Waals surface area contributed by atoms with Crippen LogP contribution in [0, 0.1) is 5.82 Å². The molecule has 1 nitrogen and oxygen atoms in total. The van der Waals surface area contributed by atoms with Crippen LogP contribution in [0.5, 0.6) is 0 Å². The first-order chi connectivity index (χ1) is 8.58. The fourth-order valence-electron chi connectivity index (χ4n) is 1.91. The molecule has 1 heterocycles. The van der Waals surface area contributed by atoms with E-state index in [4.69, 9.17) is 0 Å². The van der Waals surface area contributed by atoms with Gasteiger partial charge in [0, 0.05) is 21.4 Å². The molecule has 2 atom stereocenters. The molecule has 0 bridgehead atoms. The van der Waals surface area contributed by atoms with Gasteiger partial charge >= 0.3 is 0 Å². The van der Waals surface area contributed by atoms with Crippen LogP contribution < -0.4 is 5.32 Å². The molecule has 1 aromatic carbocycles. The number of rotatable bonds is 4. The van der Waals surface area contributed by atoms with Crippen LogP contribution in [0.4, 0.5) is 4.39 Å². The molecule has 4 heteroatoms. The summed E-state index contributed by atoms with van der Waals surface area (Å²) in [5.41, 5.74) is 1.09. The lowest BCUT2D eigenvalue weighted by Crippen LogP contribution is -2.22. The molecule has 1 aromatic heterocycles. The Bertz CT molecular complexity index is 509. The summed E-state index contributed by atoms with van der Waals surface area (Å²) in [6, 6.07) is 9.15. The summed E-state index contributed by atoms with van der Waals surface area (Å²) < 4.78 is 14.0. The maximum absolute atomic E-state index is 12.9. The van der Waals surface area contributed by atoms with E-state index in [-0.39, 0.29) is 17.9 Å². The van der Waals surface area contributed by atoms with Gasteiger partial charge in [0.05, 0.1) is 0 Å². The smallest absolute Gasteiger partial charge is 0.123 e. The Hall–Kier alpha value is -0.710. The highest BCUT2D eigenvalue weighted by Crippen LogP contribution is 2.30. The van der Waals surface area contributed by atoms with Gasteiger partial charge in [-0.1, -0.05) is 12.1 Å². The Labute approximate surface area is 119 Å². The van der Waals surface area contributed by atoms with Gasteiger partial charge < -0.3 is 5.32 Å². The number of benzene rings is 1. The van der Waals surface area contributed by atoms with Crippen molar-refractivity contribution in [3.63, 3.8) is 0 Å². The van der Waals surface area contributed by atoms with E-state index in [9.17, 15) is 4.39 Å². The third-order valence-electron chi connectivity index (χ3n) is 2.91. The van der Waals surface area contributed by atoms with E-state index in [1.165, 1.54) is 17.0 Å². The molecule has 1 unspecified atom stereocenters. The summed E-state index contributed by atoms with van der Waals surface area (Å²) in [6.07, 6.45) is 0. The van der Waals surface area contributed by atoms with Crippen LogP contribution in [0.3, 0.4) is 0 Å². The maximum Gasteiger partial charge on any atom is 0.123 e. The lowest BCUT2D eigenvalue weighted by molar-refractivity contribution is 0.498. The van der Waals surface area contributed by atoms with Crippen LogP contribution in [0.25, 0.3) is 0 Å². The summed E-state index contributed by atoms with van der Waals surface area (Å²) in [4.78, 5) is 1.28. The zero-order chi connectivity index (χ0) is 13.1. The maximum atomic E-state index is 12.9. The van der Waals surface area contributed by atoms with Gasteiger partial charge in [-0.2, -0.15) is 0 Å². The van der Waals surface area contributed by atoms with Crippen LogP contribution >= 0.6 is 27.3 Å². The monoisotopic (exact) mass is 327 g/mol. The van der Waals surface area contributed by atoms with Gasteiger partial charge in [-0.3, -0.25) is 0 Å². The Morgan fingerprint density at radius 2 is 1.78 bits per heavy atom. The van der Waals surface area contributed by atoms with Crippen LogP contribution in [0.15, 0.2) is 40.2 Å². The highest BCUT2D eigenvalue weighted by Gasteiger charge is 2.14. The Morgan fingerprint density at radius 1 is 1.11 bits per heavy atom. The third-order valence-corrected chi connectivity index (χ3v) is 4.96. The van der Waals surface area contributed by atoms with Gasteiger partial charge in [-0.15, -0.1) is 11.3 Å². The second-order valence-corrected chi connectivity index (χ2v) is 6.10. The van der Waals surface area contributed by atoms with Gasteiger partial charge in [-0.25, -0.2) is 4.39 Å². The molecule has 0 aliphatic rings. The summed E-state index contributed by atoms with van der Waals surface area (Å²) in [6.45, 7) is 4.22. The van der Waals surface area contributed by atoms with Crippen LogP contribution in [0.2, 0.25) is 0 Å². The standard InChI is InChI=1S/C14H15BrFNS/c1-9(11-3-5-12(16)6-4-11)17-10(2)14-13(15)7-8-18-14/h3-10,17H,1-2H3/t9-,10?/m0/s1.